The van der Waals surface area contributed by atoms with Gasteiger partial charge in [0.1, 0.15) is 0 Å². The molecule has 0 aromatic heterocycles. The van der Waals surface area contributed by atoms with E-state index < -0.39 is 8.56 Å². The number of hydrogen-bond donors (Lipinski definition) is 0. The molecular weight excluding hydrogens is 400 g/mol. The van der Waals surface area contributed by atoms with Crippen molar-refractivity contribution >= 4 is 60.2 Å². The van der Waals surface area contributed by atoms with Crippen molar-refractivity contribution in [3.63, 3.8) is 0 Å². The number of halogens is 1. The lowest BCUT2D eigenvalue weighted by molar-refractivity contribution is 0.307. The first kappa shape index (κ1) is 22.2. The Morgan fingerprint density at radius 3 is 1.78 bits per heavy atom. The Morgan fingerprint density at radius 2 is 1.26 bits per heavy atom. The molecule has 0 saturated carbocycles. The second-order valence-electron chi connectivity index (χ2n) is 5.50. The van der Waals surface area contributed by atoms with Crippen LogP contribution in [0.4, 0.5) is 0 Å². The molecule has 0 aliphatic carbocycles. The quantitative estimate of drug-likeness (QED) is 0.306. The van der Waals surface area contributed by atoms with Crippen LogP contribution in [0.1, 0.15) is 65.2 Å². The van der Waals surface area contributed by atoms with E-state index in [0.717, 1.165) is 12.5 Å². The zero-order valence-corrected chi connectivity index (χ0v) is 19.6. The Balaban J connectivity index is 2.30. The molecular formula is C12H25ClO5Si5. The van der Waals surface area contributed by atoms with Crippen molar-refractivity contribution in [2.75, 3.05) is 0 Å². The molecule has 0 bridgehead atoms. The Bertz CT molecular complexity index is 281. The Hall–Kier alpha value is 1.17. The third-order valence-electron chi connectivity index (χ3n) is 3.66. The van der Waals surface area contributed by atoms with E-state index in [0.29, 0.717) is 0 Å². The van der Waals surface area contributed by atoms with Crippen LogP contribution >= 0.6 is 11.6 Å². The summed E-state index contributed by atoms with van der Waals surface area (Å²) in [5, 5.41) is -0.133. The van der Waals surface area contributed by atoms with E-state index in [2.05, 4.69) is 6.92 Å². The lowest BCUT2D eigenvalue weighted by atomic mass is 10.1. The molecule has 1 saturated heterocycles. The summed E-state index contributed by atoms with van der Waals surface area (Å²) in [6.07, 6.45) is 10.3. The van der Waals surface area contributed by atoms with Crippen molar-refractivity contribution in [3.05, 3.63) is 0 Å². The highest BCUT2D eigenvalue weighted by atomic mass is 35.5. The van der Waals surface area contributed by atoms with Gasteiger partial charge >= 0.3 is 48.6 Å². The van der Waals surface area contributed by atoms with Crippen LogP contribution in [0.25, 0.3) is 0 Å². The molecule has 23 heavy (non-hydrogen) atoms. The monoisotopic (exact) mass is 424 g/mol. The molecule has 0 aromatic carbocycles. The molecule has 11 heteroatoms. The van der Waals surface area contributed by atoms with Gasteiger partial charge in [-0.2, -0.15) is 0 Å². The lowest BCUT2D eigenvalue weighted by Gasteiger charge is -2.32. The van der Waals surface area contributed by atoms with Gasteiger partial charge in [-0.15, -0.1) is 11.6 Å². The fraction of sp³-hybridized carbons (Fsp3) is 1.00. The molecule has 0 N–H and O–H groups in total. The molecule has 1 aliphatic rings. The highest BCUT2D eigenvalue weighted by molar-refractivity contribution is 6.82. The van der Waals surface area contributed by atoms with Gasteiger partial charge in [0.05, 0.1) is 5.00 Å². The summed E-state index contributed by atoms with van der Waals surface area (Å²) >= 11 is 6.41. The summed E-state index contributed by atoms with van der Waals surface area (Å²) < 4.78 is 27.8. The minimum atomic E-state index is -2.48. The molecule has 8 radical (unpaired) electrons. The molecule has 1 rings (SSSR count). The minimum Gasteiger partial charge on any atom is -0.413 e. The van der Waals surface area contributed by atoms with Gasteiger partial charge in [0.2, 0.25) is 0 Å². The van der Waals surface area contributed by atoms with Gasteiger partial charge in [-0.25, -0.2) is 0 Å². The normalized spacial score (nSPS) is 21.0. The highest BCUT2D eigenvalue weighted by Gasteiger charge is 2.43. The van der Waals surface area contributed by atoms with Gasteiger partial charge in [0, 0.05) is 0 Å². The first-order valence-electron chi connectivity index (χ1n) is 8.19. The zero-order chi connectivity index (χ0) is 16.8. The first-order valence-corrected chi connectivity index (χ1v) is 14.0. The fourth-order valence-electron chi connectivity index (χ4n) is 2.26. The standard InChI is InChI=1S/C12H25ClO5Si5/c1-3-4-5-6-7-8-9-10-11-23(12(2)13)17-21-15-19-14-20-16-22-18-23/h12H,3-11H2,1-2H3. The van der Waals surface area contributed by atoms with Crippen LogP contribution in [0.15, 0.2) is 0 Å². The summed E-state index contributed by atoms with van der Waals surface area (Å²) in [5.41, 5.74) is 0. The second kappa shape index (κ2) is 14.4. The van der Waals surface area contributed by atoms with Crippen LogP contribution in [0.3, 0.4) is 0 Å². The molecule has 0 aromatic rings. The van der Waals surface area contributed by atoms with Gasteiger partial charge in [-0.3, -0.25) is 0 Å². The van der Waals surface area contributed by atoms with Gasteiger partial charge in [0.25, 0.3) is 0 Å². The van der Waals surface area contributed by atoms with Crippen LogP contribution in [-0.4, -0.2) is 53.6 Å². The molecule has 130 valence electrons. The average Bonchev–Trinajstić information content (AvgIpc) is 2.55. The van der Waals surface area contributed by atoms with Gasteiger partial charge in [0.15, 0.2) is 0 Å². The third kappa shape index (κ3) is 10.0. The summed E-state index contributed by atoms with van der Waals surface area (Å²) in [4.78, 5) is 0. The molecule has 1 aliphatic heterocycles. The van der Waals surface area contributed by atoms with Crippen molar-refractivity contribution in [2.45, 2.75) is 76.3 Å². The summed E-state index contributed by atoms with van der Waals surface area (Å²) in [6.45, 7) is 4.21. The van der Waals surface area contributed by atoms with Crippen molar-refractivity contribution in [1.82, 2.24) is 0 Å². The van der Waals surface area contributed by atoms with E-state index in [1.807, 2.05) is 6.92 Å². The first-order chi connectivity index (χ1) is 11.2. The maximum Gasteiger partial charge on any atom is 0.413 e. The molecule has 1 unspecified atom stereocenters. The van der Waals surface area contributed by atoms with Gasteiger partial charge < -0.3 is 20.6 Å². The van der Waals surface area contributed by atoms with Crippen LogP contribution < -0.4 is 0 Å². The van der Waals surface area contributed by atoms with Gasteiger partial charge in [-0.1, -0.05) is 58.3 Å². The molecule has 0 spiro atoms. The highest BCUT2D eigenvalue weighted by Crippen LogP contribution is 2.25. The average molecular weight is 425 g/mol. The van der Waals surface area contributed by atoms with Crippen molar-refractivity contribution < 1.29 is 20.6 Å². The van der Waals surface area contributed by atoms with E-state index in [9.17, 15) is 0 Å². The molecule has 5 nitrogen and oxygen atoms in total. The summed E-state index contributed by atoms with van der Waals surface area (Å²) in [6, 6.07) is 0.895. The third-order valence-corrected chi connectivity index (χ3v) is 12.4. The second-order valence-corrected chi connectivity index (χ2v) is 14.3. The van der Waals surface area contributed by atoms with E-state index in [4.69, 9.17) is 32.2 Å². The zero-order valence-electron chi connectivity index (χ0n) is 13.9. The smallest absolute Gasteiger partial charge is 0.413 e. The molecule has 1 atom stereocenters. The molecule has 0 amide bonds. The van der Waals surface area contributed by atoms with E-state index in [-0.39, 0.29) is 45.0 Å². The predicted molar refractivity (Wildman–Crippen MR) is 96.9 cm³/mol. The Morgan fingerprint density at radius 1 is 0.783 bits per heavy atom. The summed E-state index contributed by atoms with van der Waals surface area (Å²) in [7, 11) is -2.71. The van der Waals surface area contributed by atoms with Crippen molar-refractivity contribution in [1.29, 1.82) is 0 Å². The largest absolute Gasteiger partial charge is 0.413 e. The van der Waals surface area contributed by atoms with E-state index in [1.54, 1.807) is 0 Å². The number of rotatable bonds is 10. The van der Waals surface area contributed by atoms with Crippen LogP contribution in [-0.2, 0) is 20.6 Å². The molecule has 1 fully saturated rings. The SMILES string of the molecule is CCCCCCCCCC[Si]1(C(C)Cl)O[Si]O[Si]O[Si]O[Si]O1. The maximum absolute atomic E-state index is 6.41. The van der Waals surface area contributed by atoms with Crippen LogP contribution in [0, 0.1) is 0 Å². The number of alkyl halides is 1. The van der Waals surface area contributed by atoms with Gasteiger partial charge in [-0.05, 0) is 13.0 Å². The van der Waals surface area contributed by atoms with Crippen molar-refractivity contribution in [3.8, 4) is 0 Å². The minimum absolute atomic E-state index is 0.0431. The van der Waals surface area contributed by atoms with E-state index >= 15 is 0 Å². The Labute approximate surface area is 157 Å². The van der Waals surface area contributed by atoms with Crippen LogP contribution in [0.2, 0.25) is 6.04 Å². The summed E-state index contributed by atoms with van der Waals surface area (Å²) in [5.74, 6) is 0. The fourth-order valence-corrected chi connectivity index (χ4v) is 10.9. The van der Waals surface area contributed by atoms with Crippen molar-refractivity contribution in [2.24, 2.45) is 0 Å². The number of hydrogen-bond acceptors (Lipinski definition) is 5. The van der Waals surface area contributed by atoms with E-state index in [1.165, 1.54) is 44.9 Å². The lowest BCUT2D eigenvalue weighted by Crippen LogP contribution is -2.53. The topological polar surface area (TPSA) is 46.2 Å². The number of unbranched alkanes of at least 4 members (excludes halogenated alkanes) is 7. The predicted octanol–water partition coefficient (Wildman–Crippen LogP) is 2.97. The molecule has 1 heterocycles. The van der Waals surface area contributed by atoms with Crippen LogP contribution in [0.5, 0.6) is 0 Å². The Kier molecular flexibility index (Phi) is 13.9. The maximum atomic E-state index is 6.41.